The van der Waals surface area contributed by atoms with Crippen LogP contribution >= 0.6 is 0 Å². The quantitative estimate of drug-likeness (QED) is 0.519. The number of rotatable bonds is 9. The zero-order chi connectivity index (χ0) is 26.6. The van der Waals surface area contributed by atoms with E-state index in [-0.39, 0.29) is 60.9 Å². The van der Waals surface area contributed by atoms with Gasteiger partial charge in [-0.05, 0) is 43.0 Å². The van der Waals surface area contributed by atoms with Crippen LogP contribution in [0, 0.1) is 5.92 Å². The third-order valence-corrected chi connectivity index (χ3v) is 6.70. The van der Waals surface area contributed by atoms with Crippen molar-refractivity contribution in [1.82, 2.24) is 20.4 Å². The van der Waals surface area contributed by atoms with E-state index in [1.807, 2.05) is 45.0 Å². The fraction of sp³-hybridized carbons (Fsp3) is 0.577. The van der Waals surface area contributed by atoms with Crippen molar-refractivity contribution in [2.45, 2.75) is 58.2 Å². The first-order valence-electron chi connectivity index (χ1n) is 12.4. The lowest BCUT2D eigenvalue weighted by Gasteiger charge is -2.29. The second-order valence-electron chi connectivity index (χ2n) is 10.2. The second-order valence-corrected chi connectivity index (χ2v) is 10.2. The van der Waals surface area contributed by atoms with Crippen LogP contribution in [0.1, 0.15) is 50.4 Å². The standard InChI is InChI=1S/C26H37N5O5/c1-16(2)14-20(28-25(35)18-6-8-19(9-7-18)29(4)5)26(36)30-13-11-21-24(30)22(33)15-31(21)23(34)10-12-27-17(3)32/h6-9,16,20-21,24H,10-15H2,1-5H3,(H,27,32)(H,28,35). The van der Waals surface area contributed by atoms with Gasteiger partial charge in [0.2, 0.25) is 17.7 Å². The Bertz CT molecular complexity index is 1010. The van der Waals surface area contributed by atoms with Gasteiger partial charge in [0.05, 0.1) is 12.6 Å². The van der Waals surface area contributed by atoms with Crippen LogP contribution in [0.15, 0.2) is 24.3 Å². The average Bonchev–Trinajstić information content (AvgIpc) is 3.39. The molecule has 4 amide bonds. The SMILES string of the molecule is CC(=O)NCCC(=O)N1CC(=O)C2C1CCN2C(=O)C(CC(C)C)NC(=O)c1ccc(N(C)C)cc1. The number of amides is 4. The third-order valence-electron chi connectivity index (χ3n) is 6.70. The predicted molar refractivity (Wildman–Crippen MR) is 135 cm³/mol. The summed E-state index contributed by atoms with van der Waals surface area (Å²) in [5.41, 5.74) is 1.41. The maximum absolute atomic E-state index is 13.6. The minimum Gasteiger partial charge on any atom is -0.378 e. The number of likely N-dealkylation sites (tertiary alicyclic amines) is 2. The third kappa shape index (κ3) is 6.22. The van der Waals surface area contributed by atoms with Crippen LogP contribution in [0.4, 0.5) is 5.69 Å². The summed E-state index contributed by atoms with van der Waals surface area (Å²) in [6.07, 6.45) is 1.03. The summed E-state index contributed by atoms with van der Waals surface area (Å²) in [5, 5.41) is 5.47. The summed E-state index contributed by atoms with van der Waals surface area (Å²) in [6.45, 7) is 5.83. The van der Waals surface area contributed by atoms with Gasteiger partial charge in [-0.1, -0.05) is 13.8 Å². The monoisotopic (exact) mass is 499 g/mol. The van der Waals surface area contributed by atoms with Crippen LogP contribution < -0.4 is 15.5 Å². The number of Topliss-reactive ketones (excluding diaryl/α,β-unsaturated/α-hetero) is 1. The van der Waals surface area contributed by atoms with Crippen LogP contribution in [0.3, 0.4) is 0 Å². The molecule has 0 aromatic heterocycles. The van der Waals surface area contributed by atoms with E-state index in [0.717, 1.165) is 5.69 Å². The summed E-state index contributed by atoms with van der Waals surface area (Å²) < 4.78 is 0. The van der Waals surface area contributed by atoms with E-state index in [0.29, 0.717) is 24.9 Å². The van der Waals surface area contributed by atoms with Gasteiger partial charge >= 0.3 is 0 Å². The van der Waals surface area contributed by atoms with E-state index in [1.165, 1.54) is 16.7 Å². The Hall–Kier alpha value is -3.43. The minimum atomic E-state index is -0.776. The molecule has 36 heavy (non-hydrogen) atoms. The van der Waals surface area contributed by atoms with Gasteiger partial charge in [0, 0.05) is 51.8 Å². The summed E-state index contributed by atoms with van der Waals surface area (Å²) in [6, 6.07) is 5.27. The van der Waals surface area contributed by atoms with Crippen LogP contribution in [0.2, 0.25) is 0 Å². The fourth-order valence-electron chi connectivity index (χ4n) is 4.92. The highest BCUT2D eigenvalue weighted by molar-refractivity contribution is 6.01. The van der Waals surface area contributed by atoms with Crippen molar-refractivity contribution >= 4 is 35.1 Å². The molecule has 0 saturated carbocycles. The molecule has 2 fully saturated rings. The number of hydrogen-bond acceptors (Lipinski definition) is 6. The number of nitrogens with zero attached hydrogens (tertiary/aromatic N) is 3. The molecule has 2 aliphatic rings. The highest BCUT2D eigenvalue weighted by atomic mass is 16.2. The van der Waals surface area contributed by atoms with E-state index in [9.17, 15) is 24.0 Å². The molecule has 2 saturated heterocycles. The molecule has 2 N–H and O–H groups in total. The fourth-order valence-corrected chi connectivity index (χ4v) is 4.92. The molecule has 0 bridgehead atoms. The number of nitrogens with one attached hydrogen (secondary N) is 2. The van der Waals surface area contributed by atoms with Crippen molar-refractivity contribution in [2.75, 3.05) is 38.6 Å². The van der Waals surface area contributed by atoms with Gasteiger partial charge in [-0.15, -0.1) is 0 Å². The van der Waals surface area contributed by atoms with Gasteiger partial charge in [-0.25, -0.2) is 0 Å². The zero-order valence-electron chi connectivity index (χ0n) is 21.7. The summed E-state index contributed by atoms with van der Waals surface area (Å²) in [7, 11) is 3.83. The molecule has 3 unspecified atom stereocenters. The highest BCUT2D eigenvalue weighted by Crippen LogP contribution is 2.31. The van der Waals surface area contributed by atoms with E-state index in [4.69, 9.17) is 0 Å². The molecule has 0 spiro atoms. The smallest absolute Gasteiger partial charge is 0.251 e. The number of benzene rings is 1. The molecule has 2 heterocycles. The van der Waals surface area contributed by atoms with Crippen molar-refractivity contribution in [2.24, 2.45) is 5.92 Å². The Kier molecular flexibility index (Phi) is 8.70. The minimum absolute atomic E-state index is 0.0442. The summed E-state index contributed by atoms with van der Waals surface area (Å²) >= 11 is 0. The first-order valence-corrected chi connectivity index (χ1v) is 12.4. The summed E-state index contributed by atoms with van der Waals surface area (Å²) in [5.74, 6) is -1.11. The van der Waals surface area contributed by atoms with Gasteiger partial charge < -0.3 is 25.3 Å². The van der Waals surface area contributed by atoms with Gasteiger partial charge in [0.15, 0.2) is 5.78 Å². The molecule has 2 aliphatic heterocycles. The van der Waals surface area contributed by atoms with E-state index >= 15 is 0 Å². The van der Waals surface area contributed by atoms with Crippen molar-refractivity contribution in [3.8, 4) is 0 Å². The average molecular weight is 500 g/mol. The van der Waals surface area contributed by atoms with E-state index in [2.05, 4.69) is 10.6 Å². The number of anilines is 1. The van der Waals surface area contributed by atoms with Gasteiger partial charge in [0.1, 0.15) is 12.1 Å². The molecular formula is C26H37N5O5. The Labute approximate surface area is 212 Å². The Morgan fingerprint density at radius 2 is 1.75 bits per heavy atom. The first kappa shape index (κ1) is 27.2. The molecule has 10 nitrogen and oxygen atoms in total. The lowest BCUT2D eigenvalue weighted by Crippen LogP contribution is -2.53. The highest BCUT2D eigenvalue weighted by Gasteiger charge is 2.52. The molecule has 1 aromatic rings. The van der Waals surface area contributed by atoms with Crippen LogP contribution in [0.5, 0.6) is 0 Å². The number of carbonyl (C=O) groups excluding carboxylic acids is 5. The lowest BCUT2D eigenvalue weighted by molar-refractivity contribution is -0.138. The number of fused-ring (bicyclic) bond motifs is 1. The van der Waals surface area contributed by atoms with Gasteiger partial charge in [-0.3, -0.25) is 24.0 Å². The molecule has 3 atom stereocenters. The van der Waals surface area contributed by atoms with Gasteiger partial charge in [-0.2, -0.15) is 0 Å². The lowest BCUT2D eigenvalue weighted by atomic mass is 10.0. The zero-order valence-corrected chi connectivity index (χ0v) is 21.7. The van der Waals surface area contributed by atoms with Crippen molar-refractivity contribution in [3.63, 3.8) is 0 Å². The van der Waals surface area contributed by atoms with E-state index in [1.54, 1.807) is 12.1 Å². The molecule has 196 valence electrons. The Balaban J connectivity index is 1.70. The predicted octanol–water partition coefficient (Wildman–Crippen LogP) is 0.804. The van der Waals surface area contributed by atoms with Crippen LogP contribution in [-0.2, 0) is 19.2 Å². The maximum atomic E-state index is 13.6. The second kappa shape index (κ2) is 11.5. The molecule has 3 rings (SSSR count). The maximum Gasteiger partial charge on any atom is 0.251 e. The Morgan fingerprint density at radius 1 is 1.08 bits per heavy atom. The molecule has 0 radical (unpaired) electrons. The first-order chi connectivity index (χ1) is 17.0. The number of carbonyl (C=O) groups is 5. The van der Waals surface area contributed by atoms with Gasteiger partial charge in [0.25, 0.3) is 5.91 Å². The van der Waals surface area contributed by atoms with Crippen molar-refractivity contribution < 1.29 is 24.0 Å². The summed E-state index contributed by atoms with van der Waals surface area (Å²) in [4.78, 5) is 68.3. The normalized spacial score (nSPS) is 19.8. The molecule has 0 aliphatic carbocycles. The topological polar surface area (TPSA) is 119 Å². The van der Waals surface area contributed by atoms with Crippen molar-refractivity contribution in [1.29, 1.82) is 0 Å². The Morgan fingerprint density at radius 3 is 2.33 bits per heavy atom. The van der Waals surface area contributed by atoms with Crippen LogP contribution in [-0.4, -0.2) is 91.1 Å². The number of hydrogen-bond donors (Lipinski definition) is 2. The number of ketones is 1. The largest absolute Gasteiger partial charge is 0.378 e. The molecule has 10 heteroatoms. The van der Waals surface area contributed by atoms with Crippen molar-refractivity contribution in [3.05, 3.63) is 29.8 Å². The van der Waals surface area contributed by atoms with Crippen LogP contribution in [0.25, 0.3) is 0 Å². The molecule has 1 aromatic carbocycles. The molecular weight excluding hydrogens is 462 g/mol. The van der Waals surface area contributed by atoms with E-state index < -0.39 is 12.1 Å².